The van der Waals surface area contributed by atoms with Crippen molar-refractivity contribution in [3.05, 3.63) is 87.8 Å². The van der Waals surface area contributed by atoms with Gasteiger partial charge in [-0.25, -0.2) is 4.79 Å². The number of esters is 1. The van der Waals surface area contributed by atoms with Gasteiger partial charge < -0.3 is 10.1 Å². The number of thioether (sulfide) groups is 1. The number of hydrogen-bond donors (Lipinski definition) is 3. The first-order chi connectivity index (χ1) is 16.4. The van der Waals surface area contributed by atoms with Crippen LogP contribution in [0, 0.1) is 6.92 Å². The molecule has 0 fully saturated rings. The van der Waals surface area contributed by atoms with Gasteiger partial charge in [-0.2, -0.15) is 0 Å². The lowest BCUT2D eigenvalue weighted by molar-refractivity contribution is -0.119. The number of amides is 1. The zero-order valence-corrected chi connectivity index (χ0v) is 21.5. The van der Waals surface area contributed by atoms with Crippen molar-refractivity contribution < 1.29 is 14.3 Å². The van der Waals surface area contributed by atoms with E-state index in [4.69, 9.17) is 17.0 Å². The molecule has 0 aliphatic rings. The molecule has 0 unspecified atom stereocenters. The van der Waals surface area contributed by atoms with Crippen LogP contribution < -0.4 is 16.2 Å². The zero-order valence-electron chi connectivity index (χ0n) is 19.1. The summed E-state index contributed by atoms with van der Waals surface area (Å²) in [6, 6.07) is 20.1. The Hall–Kier alpha value is -2.88. The molecule has 0 saturated carbocycles. The molecule has 3 rings (SSSR count). The summed E-state index contributed by atoms with van der Waals surface area (Å²) >= 11 is 8.26. The van der Waals surface area contributed by atoms with Gasteiger partial charge in [0.25, 0.3) is 0 Å². The number of ether oxygens (including phenoxy) is 1. The van der Waals surface area contributed by atoms with Crippen LogP contribution in [0.2, 0.25) is 0 Å². The van der Waals surface area contributed by atoms with Gasteiger partial charge in [0.05, 0.1) is 17.9 Å². The summed E-state index contributed by atoms with van der Waals surface area (Å²) in [6.45, 7) is 4.09. The summed E-state index contributed by atoms with van der Waals surface area (Å²) in [5.74, 6) is 0.430. The van der Waals surface area contributed by atoms with Gasteiger partial charge in [-0.05, 0) is 43.3 Å². The molecular weight excluding hydrogens is 486 g/mol. The quantitative estimate of drug-likeness (QED) is 0.209. The van der Waals surface area contributed by atoms with Gasteiger partial charge in [-0.3, -0.25) is 15.6 Å². The van der Waals surface area contributed by atoms with E-state index in [1.165, 1.54) is 34.2 Å². The van der Waals surface area contributed by atoms with E-state index < -0.39 is 5.97 Å². The highest BCUT2D eigenvalue weighted by molar-refractivity contribution is 7.99. The standard InChI is InChI=1S/C25H27N3O3S3/c1-3-31-24(30)21-14-20(13-18-7-5-4-6-8-18)34-23(21)26-25(32)28-27-22(29)16-33-15-19-11-9-17(2)10-12-19/h4-12,14H,3,13,15-16H2,1-2H3,(H,27,29)(H2,26,28,32). The van der Waals surface area contributed by atoms with Crippen molar-refractivity contribution in [1.82, 2.24) is 10.9 Å². The molecule has 1 heterocycles. The van der Waals surface area contributed by atoms with E-state index in [0.717, 1.165) is 16.2 Å². The molecule has 6 nitrogen and oxygen atoms in total. The van der Waals surface area contributed by atoms with Crippen LogP contribution in [0.25, 0.3) is 0 Å². The molecular formula is C25H27N3O3S3. The van der Waals surface area contributed by atoms with Crippen molar-refractivity contribution >= 4 is 57.3 Å². The number of thiocarbonyl (C=S) groups is 1. The Bertz CT molecular complexity index is 1120. The van der Waals surface area contributed by atoms with Crippen LogP contribution in [0.1, 0.15) is 38.8 Å². The van der Waals surface area contributed by atoms with Crippen molar-refractivity contribution in [2.45, 2.75) is 26.0 Å². The number of thiophene rings is 1. The molecule has 0 aliphatic carbocycles. The van der Waals surface area contributed by atoms with Crippen molar-refractivity contribution in [3.63, 3.8) is 0 Å². The topological polar surface area (TPSA) is 79.5 Å². The Kier molecular flexibility index (Phi) is 9.93. The minimum absolute atomic E-state index is 0.190. The van der Waals surface area contributed by atoms with Crippen molar-refractivity contribution in [2.24, 2.45) is 0 Å². The molecule has 0 saturated heterocycles. The molecule has 0 bridgehead atoms. The molecule has 1 amide bonds. The SMILES string of the molecule is CCOC(=O)c1cc(Cc2ccccc2)sc1NC(=S)NNC(=O)CSCc1ccc(C)cc1. The number of nitrogens with one attached hydrogen (secondary N) is 3. The maximum atomic E-state index is 12.4. The molecule has 34 heavy (non-hydrogen) atoms. The third kappa shape index (κ3) is 8.16. The number of aryl methyl sites for hydroxylation is 1. The third-order valence-corrected chi connectivity index (χ3v) is 6.92. The van der Waals surface area contributed by atoms with Crippen LogP contribution in [-0.2, 0) is 21.7 Å². The lowest BCUT2D eigenvalue weighted by atomic mass is 10.1. The summed E-state index contributed by atoms with van der Waals surface area (Å²) < 4.78 is 5.19. The fourth-order valence-corrected chi connectivity index (χ4v) is 5.11. The Labute approximate surface area is 213 Å². The molecule has 3 aromatic rings. The average molecular weight is 514 g/mol. The predicted octanol–water partition coefficient (Wildman–Crippen LogP) is 5.08. The fourth-order valence-electron chi connectivity index (χ4n) is 3.02. The Morgan fingerprint density at radius 1 is 1.03 bits per heavy atom. The van der Waals surface area contributed by atoms with Gasteiger partial charge in [0.15, 0.2) is 5.11 Å². The number of carbonyl (C=O) groups excluding carboxylic acids is 2. The molecule has 0 aliphatic heterocycles. The molecule has 9 heteroatoms. The zero-order chi connectivity index (χ0) is 24.3. The number of hydrogen-bond acceptors (Lipinski definition) is 6. The summed E-state index contributed by atoms with van der Waals surface area (Å²) in [6.07, 6.45) is 0.689. The van der Waals surface area contributed by atoms with Gasteiger partial charge in [0.2, 0.25) is 5.91 Å². The van der Waals surface area contributed by atoms with E-state index in [-0.39, 0.29) is 23.4 Å². The summed E-state index contributed by atoms with van der Waals surface area (Å²) in [5.41, 5.74) is 9.24. The lowest BCUT2D eigenvalue weighted by Crippen LogP contribution is -2.44. The normalized spacial score (nSPS) is 10.4. The number of anilines is 1. The summed E-state index contributed by atoms with van der Waals surface area (Å²) in [7, 11) is 0. The van der Waals surface area contributed by atoms with Crippen molar-refractivity contribution in [1.29, 1.82) is 0 Å². The summed E-state index contributed by atoms with van der Waals surface area (Å²) in [5, 5.41) is 3.78. The Morgan fingerprint density at radius 3 is 2.47 bits per heavy atom. The fraction of sp³-hybridized carbons (Fsp3) is 0.240. The molecule has 0 atom stereocenters. The third-order valence-electron chi connectivity index (χ3n) is 4.66. The van der Waals surface area contributed by atoms with Crippen molar-refractivity contribution in [2.75, 3.05) is 17.7 Å². The minimum Gasteiger partial charge on any atom is -0.462 e. The van der Waals surface area contributed by atoms with E-state index in [1.54, 1.807) is 6.92 Å². The van der Waals surface area contributed by atoms with E-state index in [9.17, 15) is 9.59 Å². The highest BCUT2D eigenvalue weighted by Crippen LogP contribution is 2.30. The maximum absolute atomic E-state index is 12.4. The van der Waals surface area contributed by atoms with E-state index in [0.29, 0.717) is 17.0 Å². The first kappa shape index (κ1) is 25.7. The number of hydrazine groups is 1. The Morgan fingerprint density at radius 2 is 1.76 bits per heavy atom. The molecule has 0 radical (unpaired) electrons. The average Bonchev–Trinajstić information content (AvgIpc) is 3.22. The van der Waals surface area contributed by atoms with Gasteiger partial charge in [0.1, 0.15) is 5.00 Å². The number of carbonyl (C=O) groups is 2. The minimum atomic E-state index is -0.417. The van der Waals surface area contributed by atoms with Gasteiger partial charge in [0, 0.05) is 17.1 Å². The largest absolute Gasteiger partial charge is 0.462 e. The van der Waals surface area contributed by atoms with Crippen LogP contribution in [0.4, 0.5) is 5.00 Å². The van der Waals surface area contributed by atoms with Gasteiger partial charge in [-0.15, -0.1) is 23.1 Å². The lowest BCUT2D eigenvalue weighted by Gasteiger charge is -2.11. The monoisotopic (exact) mass is 513 g/mol. The second-order valence-electron chi connectivity index (χ2n) is 7.44. The van der Waals surface area contributed by atoms with Crippen LogP contribution in [0.3, 0.4) is 0 Å². The molecule has 178 valence electrons. The second kappa shape index (κ2) is 13.1. The maximum Gasteiger partial charge on any atom is 0.341 e. The molecule has 0 spiro atoms. The highest BCUT2D eigenvalue weighted by atomic mass is 32.2. The number of rotatable bonds is 9. The van der Waals surface area contributed by atoms with Crippen LogP contribution in [-0.4, -0.2) is 29.3 Å². The van der Waals surface area contributed by atoms with Crippen LogP contribution in [0.15, 0.2) is 60.7 Å². The van der Waals surface area contributed by atoms with Gasteiger partial charge >= 0.3 is 5.97 Å². The highest BCUT2D eigenvalue weighted by Gasteiger charge is 2.18. The van der Waals surface area contributed by atoms with Crippen LogP contribution >= 0.6 is 35.3 Å². The Balaban J connectivity index is 1.52. The van der Waals surface area contributed by atoms with Gasteiger partial charge in [-0.1, -0.05) is 60.2 Å². The predicted molar refractivity (Wildman–Crippen MR) is 144 cm³/mol. The summed E-state index contributed by atoms with van der Waals surface area (Å²) in [4.78, 5) is 25.6. The van der Waals surface area contributed by atoms with Crippen LogP contribution in [0.5, 0.6) is 0 Å². The molecule has 2 aromatic carbocycles. The van der Waals surface area contributed by atoms with E-state index in [1.807, 2.05) is 43.3 Å². The van der Waals surface area contributed by atoms with E-state index >= 15 is 0 Å². The van der Waals surface area contributed by atoms with E-state index in [2.05, 4.69) is 40.4 Å². The molecule has 3 N–H and O–H groups in total. The first-order valence-corrected chi connectivity index (χ1v) is 13.2. The number of benzene rings is 2. The smallest absolute Gasteiger partial charge is 0.341 e. The first-order valence-electron chi connectivity index (χ1n) is 10.8. The van der Waals surface area contributed by atoms with Crippen molar-refractivity contribution in [3.8, 4) is 0 Å². The second-order valence-corrected chi connectivity index (χ2v) is 9.97. The molecule has 1 aromatic heterocycles.